The van der Waals surface area contributed by atoms with Crippen molar-refractivity contribution in [2.24, 2.45) is 0 Å². The van der Waals surface area contributed by atoms with Crippen molar-refractivity contribution in [3.63, 3.8) is 0 Å². The number of rotatable bonds is 1. The minimum Gasteiger partial charge on any atom is -0.478 e. The average molecular weight is 224 g/mol. The number of fused-ring (bicyclic) bond motifs is 1. The molecule has 1 aromatic rings. The predicted octanol–water partition coefficient (Wildman–Crippen LogP) is 1.76. The van der Waals surface area contributed by atoms with Gasteiger partial charge in [0.2, 0.25) is 0 Å². The fourth-order valence-corrected chi connectivity index (χ4v) is 1.67. The summed E-state index contributed by atoms with van der Waals surface area (Å²) in [5.41, 5.74) is 1.12. The Morgan fingerprint density at radius 3 is 2.87 bits per heavy atom. The maximum Gasteiger partial charge on any atom is 0.329 e. The standard InChI is InChI=1S/C10H6ClNO3/c11-7-3-1-2-5-6(4-8(13)14)10(15)12-9(5)7/h1-4H,(H,12,15)(H,13,14)/b6-4-. The summed E-state index contributed by atoms with van der Waals surface area (Å²) in [6, 6.07) is 4.94. The summed E-state index contributed by atoms with van der Waals surface area (Å²) in [4.78, 5) is 21.9. The third-order valence-corrected chi connectivity index (χ3v) is 2.37. The number of carbonyl (C=O) groups is 2. The second-order valence-electron chi connectivity index (χ2n) is 3.01. The van der Waals surface area contributed by atoms with Gasteiger partial charge >= 0.3 is 5.97 Å². The van der Waals surface area contributed by atoms with E-state index in [-0.39, 0.29) is 5.57 Å². The number of hydrogen-bond acceptors (Lipinski definition) is 2. The molecule has 5 heteroatoms. The van der Waals surface area contributed by atoms with Gasteiger partial charge < -0.3 is 10.4 Å². The van der Waals surface area contributed by atoms with E-state index in [1.807, 2.05) is 0 Å². The van der Waals surface area contributed by atoms with Crippen molar-refractivity contribution in [3.8, 4) is 0 Å². The third-order valence-electron chi connectivity index (χ3n) is 2.05. The number of anilines is 1. The zero-order valence-corrected chi connectivity index (χ0v) is 8.21. The molecule has 76 valence electrons. The maximum atomic E-state index is 11.4. The molecule has 0 atom stereocenters. The lowest BCUT2D eigenvalue weighted by molar-refractivity contribution is -0.131. The largest absolute Gasteiger partial charge is 0.478 e. The first-order chi connectivity index (χ1) is 7.09. The van der Waals surface area contributed by atoms with E-state index in [0.29, 0.717) is 16.3 Å². The van der Waals surface area contributed by atoms with Gasteiger partial charge in [-0.3, -0.25) is 4.79 Å². The highest BCUT2D eigenvalue weighted by molar-refractivity contribution is 6.40. The summed E-state index contributed by atoms with van der Waals surface area (Å²) in [5.74, 6) is -1.60. The van der Waals surface area contributed by atoms with E-state index < -0.39 is 11.9 Å². The van der Waals surface area contributed by atoms with Crippen molar-refractivity contribution in [3.05, 3.63) is 34.9 Å². The van der Waals surface area contributed by atoms with Gasteiger partial charge in [-0.15, -0.1) is 0 Å². The number of amides is 1. The average Bonchev–Trinajstić information content (AvgIpc) is 2.45. The quantitative estimate of drug-likeness (QED) is 0.713. The van der Waals surface area contributed by atoms with Crippen LogP contribution in [0.2, 0.25) is 5.02 Å². The van der Waals surface area contributed by atoms with E-state index in [9.17, 15) is 9.59 Å². The van der Waals surface area contributed by atoms with Crippen LogP contribution >= 0.6 is 11.6 Å². The lowest BCUT2D eigenvalue weighted by Gasteiger charge is -1.98. The van der Waals surface area contributed by atoms with Crippen LogP contribution in [0.4, 0.5) is 5.69 Å². The van der Waals surface area contributed by atoms with E-state index in [4.69, 9.17) is 16.7 Å². The molecule has 2 rings (SSSR count). The summed E-state index contributed by atoms with van der Waals surface area (Å²) in [6.07, 6.45) is 0.873. The fourth-order valence-electron chi connectivity index (χ4n) is 1.45. The Balaban J connectivity index is 2.61. The van der Waals surface area contributed by atoms with E-state index in [1.54, 1.807) is 18.2 Å². The van der Waals surface area contributed by atoms with Crippen molar-refractivity contribution >= 4 is 34.7 Å². The van der Waals surface area contributed by atoms with E-state index >= 15 is 0 Å². The van der Waals surface area contributed by atoms with Crippen molar-refractivity contribution in [2.75, 3.05) is 5.32 Å². The first kappa shape index (κ1) is 9.73. The molecule has 1 aromatic carbocycles. The molecule has 1 aliphatic rings. The molecular formula is C10H6ClNO3. The molecular weight excluding hydrogens is 218 g/mol. The molecule has 1 amide bonds. The van der Waals surface area contributed by atoms with Crippen LogP contribution in [0.15, 0.2) is 24.3 Å². The Labute approximate surface area is 90.2 Å². The zero-order chi connectivity index (χ0) is 11.0. The summed E-state index contributed by atoms with van der Waals surface area (Å²) < 4.78 is 0. The van der Waals surface area contributed by atoms with Gasteiger partial charge in [-0.25, -0.2) is 4.79 Å². The number of benzene rings is 1. The number of halogens is 1. The summed E-state index contributed by atoms with van der Waals surface area (Å²) in [7, 11) is 0. The number of carbonyl (C=O) groups excluding carboxylic acids is 1. The molecule has 4 nitrogen and oxygen atoms in total. The Kier molecular flexibility index (Phi) is 2.21. The number of nitrogens with one attached hydrogen (secondary N) is 1. The van der Waals surface area contributed by atoms with Crippen LogP contribution in [0.25, 0.3) is 5.57 Å². The second-order valence-corrected chi connectivity index (χ2v) is 3.42. The molecule has 0 radical (unpaired) electrons. The number of para-hydroxylation sites is 1. The summed E-state index contributed by atoms with van der Waals surface area (Å²) in [5, 5.41) is 11.5. The fraction of sp³-hybridized carbons (Fsp3) is 0. The van der Waals surface area contributed by atoms with Gasteiger partial charge in [-0.2, -0.15) is 0 Å². The van der Waals surface area contributed by atoms with Gasteiger partial charge in [0.25, 0.3) is 5.91 Å². The lowest BCUT2D eigenvalue weighted by Crippen LogP contribution is -2.05. The highest BCUT2D eigenvalue weighted by atomic mass is 35.5. The summed E-state index contributed by atoms with van der Waals surface area (Å²) in [6.45, 7) is 0. The first-order valence-electron chi connectivity index (χ1n) is 4.14. The normalized spacial score (nSPS) is 16.3. The number of hydrogen-bond donors (Lipinski definition) is 2. The molecule has 0 unspecified atom stereocenters. The molecule has 0 saturated heterocycles. The van der Waals surface area contributed by atoms with Crippen molar-refractivity contribution in [1.82, 2.24) is 0 Å². The highest BCUT2D eigenvalue weighted by Crippen LogP contribution is 2.36. The van der Waals surface area contributed by atoms with Crippen molar-refractivity contribution in [2.45, 2.75) is 0 Å². The monoisotopic (exact) mass is 223 g/mol. The van der Waals surface area contributed by atoms with Crippen LogP contribution in [0.3, 0.4) is 0 Å². The third kappa shape index (κ3) is 1.59. The van der Waals surface area contributed by atoms with E-state index in [2.05, 4.69) is 5.32 Å². The smallest absolute Gasteiger partial charge is 0.329 e. The highest BCUT2D eigenvalue weighted by Gasteiger charge is 2.26. The molecule has 0 aliphatic carbocycles. The van der Waals surface area contributed by atoms with E-state index in [0.717, 1.165) is 6.08 Å². The van der Waals surface area contributed by atoms with Gasteiger partial charge in [0.1, 0.15) is 0 Å². The van der Waals surface area contributed by atoms with Crippen molar-refractivity contribution in [1.29, 1.82) is 0 Å². The SMILES string of the molecule is O=C(O)/C=C1\C(=O)Nc2c(Cl)cccc21. The molecule has 0 fully saturated rings. The van der Waals surface area contributed by atoms with Crippen LogP contribution in [0, 0.1) is 0 Å². The minimum atomic E-state index is -1.16. The van der Waals surface area contributed by atoms with Crippen LogP contribution < -0.4 is 5.32 Å². The van der Waals surface area contributed by atoms with Gasteiger partial charge in [0.05, 0.1) is 16.3 Å². The lowest BCUT2D eigenvalue weighted by atomic mass is 10.1. The Hall–Kier alpha value is -1.81. The predicted molar refractivity (Wildman–Crippen MR) is 55.7 cm³/mol. The van der Waals surface area contributed by atoms with Gasteiger partial charge in [-0.1, -0.05) is 23.7 Å². The Morgan fingerprint density at radius 2 is 2.20 bits per heavy atom. The van der Waals surface area contributed by atoms with Crippen LogP contribution in [0.1, 0.15) is 5.56 Å². The minimum absolute atomic E-state index is 0.125. The van der Waals surface area contributed by atoms with Crippen molar-refractivity contribution < 1.29 is 14.7 Å². The summed E-state index contributed by atoms with van der Waals surface area (Å²) >= 11 is 5.85. The molecule has 15 heavy (non-hydrogen) atoms. The molecule has 1 heterocycles. The van der Waals surface area contributed by atoms with Crippen LogP contribution in [-0.2, 0) is 9.59 Å². The second kappa shape index (κ2) is 3.40. The van der Waals surface area contributed by atoms with Crippen LogP contribution in [0.5, 0.6) is 0 Å². The maximum absolute atomic E-state index is 11.4. The molecule has 2 N–H and O–H groups in total. The molecule has 1 aliphatic heterocycles. The Bertz CT molecular complexity index is 493. The zero-order valence-electron chi connectivity index (χ0n) is 7.45. The van der Waals surface area contributed by atoms with Crippen LogP contribution in [-0.4, -0.2) is 17.0 Å². The molecule has 0 aromatic heterocycles. The number of carboxylic acid groups (broad SMARTS) is 1. The molecule has 0 spiro atoms. The first-order valence-corrected chi connectivity index (χ1v) is 4.52. The number of carboxylic acids is 1. The molecule has 0 bridgehead atoms. The van der Waals surface area contributed by atoms with Gasteiger partial charge in [0, 0.05) is 11.6 Å². The topological polar surface area (TPSA) is 66.4 Å². The van der Waals surface area contributed by atoms with E-state index in [1.165, 1.54) is 0 Å². The van der Waals surface area contributed by atoms with Gasteiger partial charge in [-0.05, 0) is 6.07 Å². The number of aliphatic carboxylic acids is 1. The molecule has 0 saturated carbocycles. The Morgan fingerprint density at radius 1 is 1.47 bits per heavy atom. The van der Waals surface area contributed by atoms with Gasteiger partial charge in [0.15, 0.2) is 0 Å².